The zero-order valence-corrected chi connectivity index (χ0v) is 13.7. The normalized spacial score (nSPS) is 11.8. The SMILES string of the molecule is Cc1ccnn1CCCNS(=O)(=O)c1cc(Cl)ccc1Cl. The summed E-state index contributed by atoms with van der Waals surface area (Å²) in [6.07, 6.45) is 2.34. The van der Waals surface area contributed by atoms with E-state index in [0.29, 0.717) is 24.5 Å². The van der Waals surface area contributed by atoms with Crippen LogP contribution in [0.2, 0.25) is 10.0 Å². The number of nitrogens with one attached hydrogen (secondary N) is 1. The summed E-state index contributed by atoms with van der Waals surface area (Å²) in [6, 6.07) is 6.24. The molecular weight excluding hydrogens is 333 g/mol. The molecule has 0 bridgehead atoms. The highest BCUT2D eigenvalue weighted by molar-refractivity contribution is 7.89. The van der Waals surface area contributed by atoms with Crippen LogP contribution >= 0.6 is 23.2 Å². The van der Waals surface area contributed by atoms with Gasteiger partial charge in [0.1, 0.15) is 4.90 Å². The van der Waals surface area contributed by atoms with Crippen LogP contribution in [-0.4, -0.2) is 24.7 Å². The van der Waals surface area contributed by atoms with E-state index in [2.05, 4.69) is 9.82 Å². The molecule has 0 saturated heterocycles. The van der Waals surface area contributed by atoms with Crippen molar-refractivity contribution in [3.05, 3.63) is 46.2 Å². The van der Waals surface area contributed by atoms with E-state index in [1.807, 2.05) is 17.7 Å². The van der Waals surface area contributed by atoms with E-state index in [0.717, 1.165) is 5.69 Å². The van der Waals surface area contributed by atoms with Crippen molar-refractivity contribution in [2.24, 2.45) is 0 Å². The summed E-state index contributed by atoms with van der Waals surface area (Å²) in [5.41, 5.74) is 1.04. The third-order valence-corrected chi connectivity index (χ3v) is 5.13. The lowest BCUT2D eigenvalue weighted by Crippen LogP contribution is -2.26. The van der Waals surface area contributed by atoms with Gasteiger partial charge in [-0.05, 0) is 37.6 Å². The van der Waals surface area contributed by atoms with E-state index in [-0.39, 0.29) is 9.92 Å². The largest absolute Gasteiger partial charge is 0.270 e. The molecule has 2 aromatic rings. The number of aryl methyl sites for hydroxylation is 2. The van der Waals surface area contributed by atoms with Gasteiger partial charge in [-0.3, -0.25) is 4.68 Å². The molecule has 21 heavy (non-hydrogen) atoms. The maximum atomic E-state index is 12.2. The number of aromatic nitrogens is 2. The lowest BCUT2D eigenvalue weighted by atomic mass is 10.4. The average Bonchev–Trinajstić information content (AvgIpc) is 2.83. The second-order valence-corrected chi connectivity index (χ2v) is 7.10. The molecule has 0 atom stereocenters. The fourth-order valence-electron chi connectivity index (χ4n) is 1.83. The fourth-order valence-corrected chi connectivity index (χ4v) is 3.66. The van der Waals surface area contributed by atoms with Gasteiger partial charge >= 0.3 is 0 Å². The Bertz CT molecular complexity index is 729. The lowest BCUT2D eigenvalue weighted by Gasteiger charge is -2.09. The standard InChI is InChI=1S/C13H15Cl2N3O2S/c1-10-5-7-16-18(10)8-2-6-17-21(19,20)13-9-11(14)3-4-12(13)15/h3-5,7,9,17H,2,6,8H2,1H3. The van der Waals surface area contributed by atoms with E-state index in [9.17, 15) is 8.42 Å². The van der Waals surface area contributed by atoms with Crippen LogP contribution in [0.3, 0.4) is 0 Å². The number of benzene rings is 1. The summed E-state index contributed by atoms with van der Waals surface area (Å²) in [7, 11) is -3.66. The fraction of sp³-hybridized carbons (Fsp3) is 0.308. The Morgan fingerprint density at radius 1 is 1.29 bits per heavy atom. The van der Waals surface area contributed by atoms with Gasteiger partial charge in [-0.1, -0.05) is 23.2 Å². The van der Waals surface area contributed by atoms with E-state index < -0.39 is 10.0 Å². The van der Waals surface area contributed by atoms with Crippen molar-refractivity contribution in [2.75, 3.05) is 6.54 Å². The molecule has 0 saturated carbocycles. The molecule has 0 radical (unpaired) electrons. The minimum Gasteiger partial charge on any atom is -0.270 e. The summed E-state index contributed by atoms with van der Waals surface area (Å²) in [5.74, 6) is 0. The van der Waals surface area contributed by atoms with Gasteiger partial charge in [0.2, 0.25) is 10.0 Å². The number of halogens is 2. The second-order valence-electron chi connectivity index (χ2n) is 4.52. The molecule has 0 aliphatic carbocycles. The first-order chi connectivity index (χ1) is 9.90. The molecule has 0 aliphatic rings. The molecule has 1 aromatic heterocycles. The third-order valence-electron chi connectivity index (χ3n) is 2.95. The predicted octanol–water partition coefficient (Wildman–Crippen LogP) is 2.87. The summed E-state index contributed by atoms with van der Waals surface area (Å²) in [4.78, 5) is -0.00747. The summed E-state index contributed by atoms with van der Waals surface area (Å²) in [5, 5.41) is 4.61. The molecule has 114 valence electrons. The highest BCUT2D eigenvalue weighted by Gasteiger charge is 2.17. The summed E-state index contributed by atoms with van der Waals surface area (Å²) in [6.45, 7) is 2.89. The highest BCUT2D eigenvalue weighted by Crippen LogP contribution is 2.24. The molecule has 0 spiro atoms. The Labute approximate surface area is 133 Å². The molecular formula is C13H15Cl2N3O2S. The van der Waals surface area contributed by atoms with Crippen molar-refractivity contribution in [2.45, 2.75) is 24.8 Å². The van der Waals surface area contributed by atoms with Gasteiger partial charge in [0.15, 0.2) is 0 Å². The average molecular weight is 348 g/mol. The molecule has 0 aliphatic heterocycles. The van der Waals surface area contributed by atoms with Crippen LogP contribution in [-0.2, 0) is 16.6 Å². The second kappa shape index (κ2) is 6.79. The van der Waals surface area contributed by atoms with E-state index in [4.69, 9.17) is 23.2 Å². The number of rotatable bonds is 6. The molecule has 5 nitrogen and oxygen atoms in total. The maximum absolute atomic E-state index is 12.2. The van der Waals surface area contributed by atoms with Crippen molar-refractivity contribution in [3.63, 3.8) is 0 Å². The van der Waals surface area contributed by atoms with Crippen LogP contribution in [0.1, 0.15) is 12.1 Å². The van der Waals surface area contributed by atoms with Gasteiger partial charge in [0.25, 0.3) is 0 Å². The Morgan fingerprint density at radius 3 is 2.71 bits per heavy atom. The van der Waals surface area contributed by atoms with Crippen molar-refractivity contribution in [1.82, 2.24) is 14.5 Å². The topological polar surface area (TPSA) is 64.0 Å². The van der Waals surface area contributed by atoms with Crippen LogP contribution < -0.4 is 4.72 Å². The van der Waals surface area contributed by atoms with Gasteiger partial charge in [-0.2, -0.15) is 5.10 Å². The predicted molar refractivity (Wildman–Crippen MR) is 83.2 cm³/mol. The number of sulfonamides is 1. The Balaban J connectivity index is 1.95. The highest BCUT2D eigenvalue weighted by atomic mass is 35.5. The van der Waals surface area contributed by atoms with Gasteiger partial charge in [0, 0.05) is 30.0 Å². The van der Waals surface area contributed by atoms with Crippen LogP contribution in [0.4, 0.5) is 0 Å². The lowest BCUT2D eigenvalue weighted by molar-refractivity contribution is 0.546. The van der Waals surface area contributed by atoms with Crippen LogP contribution in [0.5, 0.6) is 0 Å². The number of nitrogens with zero attached hydrogens (tertiary/aromatic N) is 2. The number of hydrogen-bond donors (Lipinski definition) is 1. The van der Waals surface area contributed by atoms with Crippen LogP contribution in [0.15, 0.2) is 35.4 Å². The van der Waals surface area contributed by atoms with Crippen molar-refractivity contribution in [1.29, 1.82) is 0 Å². The van der Waals surface area contributed by atoms with Gasteiger partial charge < -0.3 is 0 Å². The smallest absolute Gasteiger partial charge is 0.242 e. The van der Waals surface area contributed by atoms with E-state index in [1.54, 1.807) is 12.3 Å². The Morgan fingerprint density at radius 2 is 2.05 bits per heavy atom. The first kappa shape index (κ1) is 16.3. The quantitative estimate of drug-likeness (QED) is 0.817. The first-order valence-corrected chi connectivity index (χ1v) is 8.57. The molecule has 0 amide bonds. The zero-order valence-electron chi connectivity index (χ0n) is 11.4. The molecule has 1 N–H and O–H groups in total. The summed E-state index contributed by atoms with van der Waals surface area (Å²) < 4.78 is 28.6. The third kappa shape index (κ3) is 4.20. The molecule has 1 aromatic carbocycles. The Hall–Kier alpha value is -1.08. The van der Waals surface area contributed by atoms with E-state index in [1.165, 1.54) is 12.1 Å². The minimum atomic E-state index is -3.66. The maximum Gasteiger partial charge on any atom is 0.242 e. The molecule has 8 heteroatoms. The summed E-state index contributed by atoms with van der Waals surface area (Å²) >= 11 is 11.7. The van der Waals surface area contributed by atoms with Crippen molar-refractivity contribution < 1.29 is 8.42 Å². The zero-order chi connectivity index (χ0) is 15.5. The molecule has 1 heterocycles. The molecule has 0 unspecified atom stereocenters. The monoisotopic (exact) mass is 347 g/mol. The van der Waals surface area contributed by atoms with Gasteiger partial charge in [0.05, 0.1) is 5.02 Å². The first-order valence-electron chi connectivity index (χ1n) is 6.33. The van der Waals surface area contributed by atoms with E-state index >= 15 is 0 Å². The Kier molecular flexibility index (Phi) is 5.27. The van der Waals surface area contributed by atoms with Crippen LogP contribution in [0.25, 0.3) is 0 Å². The molecule has 2 rings (SSSR count). The van der Waals surface area contributed by atoms with Crippen LogP contribution in [0, 0.1) is 6.92 Å². The molecule has 0 fully saturated rings. The van der Waals surface area contributed by atoms with Crippen molar-refractivity contribution in [3.8, 4) is 0 Å². The minimum absolute atomic E-state index is 0.00747. The van der Waals surface area contributed by atoms with Crippen molar-refractivity contribution >= 4 is 33.2 Å². The van der Waals surface area contributed by atoms with Gasteiger partial charge in [-0.15, -0.1) is 0 Å². The van der Waals surface area contributed by atoms with Gasteiger partial charge in [-0.25, -0.2) is 13.1 Å². The number of hydrogen-bond acceptors (Lipinski definition) is 3.